The van der Waals surface area contributed by atoms with Crippen molar-refractivity contribution in [3.8, 4) is 0 Å². The maximum absolute atomic E-state index is 11.4. The van der Waals surface area contributed by atoms with Gasteiger partial charge in [0, 0.05) is 6.04 Å². The molecule has 5 heteroatoms. The smallest absolute Gasteiger partial charge is 0.356 e. The Morgan fingerprint density at radius 3 is 2.89 bits per heavy atom. The summed E-state index contributed by atoms with van der Waals surface area (Å²) >= 11 is 0. The second kappa shape index (κ2) is 6.83. The van der Waals surface area contributed by atoms with E-state index >= 15 is 0 Å². The fourth-order valence-electron chi connectivity index (χ4n) is 1.62. The van der Waals surface area contributed by atoms with Gasteiger partial charge in [0.1, 0.15) is 5.82 Å². The number of nitrogens with zero attached hydrogens (tertiary/aromatic N) is 1. The lowest BCUT2D eigenvalue weighted by Crippen LogP contribution is -2.18. The molecule has 1 aromatic heterocycles. The van der Waals surface area contributed by atoms with Crippen molar-refractivity contribution in [2.45, 2.75) is 39.2 Å². The lowest BCUT2D eigenvalue weighted by atomic mass is 10.1. The van der Waals surface area contributed by atoms with E-state index in [2.05, 4.69) is 28.9 Å². The van der Waals surface area contributed by atoms with Crippen molar-refractivity contribution in [2.75, 3.05) is 18.2 Å². The summed E-state index contributed by atoms with van der Waals surface area (Å²) in [7, 11) is 1.33. The molecular weight excluding hydrogens is 230 g/mol. The molecule has 0 aliphatic heterocycles. The van der Waals surface area contributed by atoms with Crippen LogP contribution in [0.1, 0.15) is 43.6 Å². The second-order valence-corrected chi connectivity index (χ2v) is 4.31. The summed E-state index contributed by atoms with van der Waals surface area (Å²) in [5, 5.41) is 3.22. The number of esters is 1. The van der Waals surface area contributed by atoms with E-state index in [9.17, 15) is 4.79 Å². The van der Waals surface area contributed by atoms with Gasteiger partial charge in [0.25, 0.3) is 0 Å². The van der Waals surface area contributed by atoms with Gasteiger partial charge in [-0.2, -0.15) is 0 Å². The van der Waals surface area contributed by atoms with Crippen molar-refractivity contribution < 1.29 is 9.53 Å². The van der Waals surface area contributed by atoms with Gasteiger partial charge in [0.05, 0.1) is 12.8 Å². The number of pyridine rings is 1. The molecule has 0 fully saturated rings. The van der Waals surface area contributed by atoms with E-state index in [1.54, 1.807) is 12.1 Å². The number of nitrogens with one attached hydrogen (secondary N) is 1. The highest BCUT2D eigenvalue weighted by Crippen LogP contribution is 2.18. The summed E-state index contributed by atoms with van der Waals surface area (Å²) in [4.78, 5) is 15.6. The Bertz CT molecular complexity index is 407. The van der Waals surface area contributed by atoms with E-state index in [0.717, 1.165) is 19.3 Å². The molecule has 3 N–H and O–H groups in total. The Hall–Kier alpha value is -1.78. The molecule has 0 aliphatic rings. The first-order valence-electron chi connectivity index (χ1n) is 6.19. The first kappa shape index (κ1) is 14.3. The molecule has 0 amide bonds. The number of anilines is 2. The summed E-state index contributed by atoms with van der Waals surface area (Å²) < 4.78 is 4.63. The van der Waals surface area contributed by atoms with Gasteiger partial charge in [0.15, 0.2) is 5.69 Å². The molecular formula is C13H21N3O2. The number of hydrogen-bond donors (Lipinski definition) is 2. The van der Waals surface area contributed by atoms with E-state index < -0.39 is 5.97 Å². The predicted octanol–water partition coefficient (Wildman–Crippen LogP) is 2.44. The Balaban J connectivity index is 2.77. The van der Waals surface area contributed by atoms with Gasteiger partial charge in [-0.15, -0.1) is 0 Å². The van der Waals surface area contributed by atoms with E-state index in [1.165, 1.54) is 7.11 Å². The lowest BCUT2D eigenvalue weighted by molar-refractivity contribution is 0.0594. The molecule has 0 aromatic carbocycles. The number of hydrogen-bond acceptors (Lipinski definition) is 5. The first-order chi connectivity index (χ1) is 8.58. The molecule has 0 radical (unpaired) electrons. The number of ether oxygens (including phenoxy) is 1. The van der Waals surface area contributed by atoms with Crippen LogP contribution in [0.3, 0.4) is 0 Å². The van der Waals surface area contributed by atoms with Gasteiger partial charge >= 0.3 is 5.97 Å². The van der Waals surface area contributed by atoms with Crippen LogP contribution in [0.15, 0.2) is 12.1 Å². The molecule has 0 saturated heterocycles. The Morgan fingerprint density at radius 2 is 2.28 bits per heavy atom. The fraction of sp³-hybridized carbons (Fsp3) is 0.538. The summed E-state index contributed by atoms with van der Waals surface area (Å²) in [6.07, 6.45) is 3.34. The van der Waals surface area contributed by atoms with Gasteiger partial charge in [-0.1, -0.05) is 19.8 Å². The average Bonchev–Trinajstić information content (AvgIpc) is 2.38. The van der Waals surface area contributed by atoms with Gasteiger partial charge < -0.3 is 15.8 Å². The van der Waals surface area contributed by atoms with Gasteiger partial charge in [0.2, 0.25) is 0 Å². The van der Waals surface area contributed by atoms with Crippen LogP contribution in [-0.2, 0) is 4.74 Å². The van der Waals surface area contributed by atoms with Crippen molar-refractivity contribution in [1.29, 1.82) is 0 Å². The highest BCUT2D eigenvalue weighted by atomic mass is 16.5. The molecule has 1 atom stereocenters. The van der Waals surface area contributed by atoms with Crippen LogP contribution in [0.25, 0.3) is 0 Å². The van der Waals surface area contributed by atoms with Crippen LogP contribution in [0.4, 0.5) is 11.5 Å². The van der Waals surface area contributed by atoms with Crippen LogP contribution >= 0.6 is 0 Å². The molecule has 0 bridgehead atoms. The number of carbonyl (C=O) groups is 1. The summed E-state index contributed by atoms with van der Waals surface area (Å²) in [5.41, 5.74) is 6.63. The molecule has 0 spiro atoms. The van der Waals surface area contributed by atoms with Crippen molar-refractivity contribution in [1.82, 2.24) is 4.98 Å². The lowest BCUT2D eigenvalue weighted by Gasteiger charge is -2.16. The number of aromatic nitrogens is 1. The van der Waals surface area contributed by atoms with Gasteiger partial charge in [-0.25, -0.2) is 9.78 Å². The zero-order valence-electron chi connectivity index (χ0n) is 11.2. The third-order valence-electron chi connectivity index (χ3n) is 2.69. The highest BCUT2D eigenvalue weighted by molar-refractivity contribution is 5.88. The fourth-order valence-corrected chi connectivity index (χ4v) is 1.62. The van der Waals surface area contributed by atoms with Crippen molar-refractivity contribution in [3.63, 3.8) is 0 Å². The molecule has 1 aromatic rings. The number of rotatable bonds is 6. The molecule has 18 heavy (non-hydrogen) atoms. The van der Waals surface area contributed by atoms with Crippen molar-refractivity contribution >= 4 is 17.5 Å². The SMILES string of the molecule is CCCCC(C)Nc1nc(C(=O)OC)ccc1N. The Kier molecular flexibility index (Phi) is 5.42. The zero-order valence-corrected chi connectivity index (χ0v) is 11.2. The normalized spacial score (nSPS) is 11.9. The maximum Gasteiger partial charge on any atom is 0.356 e. The van der Waals surface area contributed by atoms with Gasteiger partial charge in [-0.05, 0) is 25.5 Å². The van der Waals surface area contributed by atoms with Gasteiger partial charge in [-0.3, -0.25) is 0 Å². The standard InChI is InChI=1S/C13H21N3O2/c1-4-5-6-9(2)15-12-10(14)7-8-11(16-12)13(17)18-3/h7-9H,4-6,14H2,1-3H3,(H,15,16). The van der Waals surface area contributed by atoms with Crippen LogP contribution < -0.4 is 11.1 Å². The maximum atomic E-state index is 11.4. The number of nitrogens with two attached hydrogens (primary N) is 1. The van der Waals surface area contributed by atoms with Crippen LogP contribution in [0.5, 0.6) is 0 Å². The first-order valence-corrected chi connectivity index (χ1v) is 6.19. The quantitative estimate of drug-likeness (QED) is 0.759. The van der Waals surface area contributed by atoms with E-state index in [0.29, 0.717) is 11.5 Å². The third-order valence-corrected chi connectivity index (χ3v) is 2.69. The number of carbonyl (C=O) groups excluding carboxylic acids is 1. The molecule has 1 heterocycles. The number of unbranched alkanes of at least 4 members (excludes halogenated alkanes) is 1. The van der Waals surface area contributed by atoms with E-state index in [4.69, 9.17) is 5.73 Å². The molecule has 1 rings (SSSR count). The second-order valence-electron chi connectivity index (χ2n) is 4.31. The van der Waals surface area contributed by atoms with E-state index in [-0.39, 0.29) is 11.7 Å². The third kappa shape index (κ3) is 3.91. The topological polar surface area (TPSA) is 77.2 Å². The minimum absolute atomic E-state index is 0.261. The summed E-state index contributed by atoms with van der Waals surface area (Å²) in [6.45, 7) is 4.22. The monoisotopic (exact) mass is 251 g/mol. The van der Waals surface area contributed by atoms with Crippen LogP contribution in [0, 0.1) is 0 Å². The molecule has 1 unspecified atom stereocenters. The Labute approximate surface area is 108 Å². The van der Waals surface area contributed by atoms with Crippen LogP contribution in [0.2, 0.25) is 0 Å². The summed E-state index contributed by atoms with van der Waals surface area (Å²) in [5.74, 6) is 0.0840. The minimum atomic E-state index is -0.459. The van der Waals surface area contributed by atoms with Crippen LogP contribution in [-0.4, -0.2) is 24.1 Å². The largest absolute Gasteiger partial charge is 0.464 e. The van der Waals surface area contributed by atoms with E-state index in [1.807, 2.05) is 0 Å². The predicted molar refractivity (Wildman–Crippen MR) is 72.6 cm³/mol. The number of methoxy groups -OCH3 is 1. The molecule has 0 saturated carbocycles. The van der Waals surface area contributed by atoms with Crippen molar-refractivity contribution in [3.05, 3.63) is 17.8 Å². The van der Waals surface area contributed by atoms with Crippen molar-refractivity contribution in [2.24, 2.45) is 0 Å². The summed E-state index contributed by atoms with van der Waals surface area (Å²) in [6, 6.07) is 3.49. The Morgan fingerprint density at radius 1 is 1.56 bits per heavy atom. The molecule has 0 aliphatic carbocycles. The molecule has 100 valence electrons. The highest BCUT2D eigenvalue weighted by Gasteiger charge is 2.11. The minimum Gasteiger partial charge on any atom is -0.464 e. The average molecular weight is 251 g/mol. The zero-order chi connectivity index (χ0) is 13.5. The number of nitrogen functional groups attached to an aromatic ring is 1. The molecule has 5 nitrogen and oxygen atoms in total.